The molecule has 0 aromatic rings. The molecule has 0 aromatic carbocycles. The minimum Gasteiger partial charge on any atom is -0.302 e. The number of aldehydes is 1. The fourth-order valence-electron chi connectivity index (χ4n) is 0. The van der Waals surface area contributed by atoms with Gasteiger partial charge in [0, 0.05) is 0 Å². The Kier molecular flexibility index (Phi) is 2.28. The van der Waals surface area contributed by atoms with Crippen LogP contribution in [-0.2, 0) is 4.79 Å². The van der Waals surface area contributed by atoms with E-state index in [0.717, 1.165) is 6.29 Å². The lowest BCUT2D eigenvalue weighted by atomic mass is 10.6. The Bertz CT molecular complexity index is 33.9. The fraction of sp³-hybridized carbons (Fsp3) is 0.667. The van der Waals surface area contributed by atoms with E-state index in [-0.39, 0.29) is 5.25 Å². The Balaban J connectivity index is 2.83. The second-order valence-electron chi connectivity index (χ2n) is 0.841. The molecule has 1 radical (unpaired) electrons. The van der Waals surface area contributed by atoms with Gasteiger partial charge in [-0.3, -0.25) is 0 Å². The maximum absolute atomic E-state index is 9.40. The maximum atomic E-state index is 9.40. The van der Waals surface area contributed by atoms with E-state index in [1.807, 2.05) is 0 Å². The van der Waals surface area contributed by atoms with E-state index in [1.54, 1.807) is 6.92 Å². The van der Waals surface area contributed by atoms with E-state index in [1.165, 1.54) is 0 Å². The Morgan fingerprint density at radius 3 is 2.20 bits per heavy atom. The number of hydrogen-bond donors (Lipinski definition) is 0. The van der Waals surface area contributed by atoms with Crippen molar-refractivity contribution in [3.8, 4) is 0 Å². The van der Waals surface area contributed by atoms with E-state index in [4.69, 9.17) is 0 Å². The summed E-state index contributed by atoms with van der Waals surface area (Å²) in [7, 11) is 0. The molecule has 1 nitrogen and oxygen atoms in total. The summed E-state index contributed by atoms with van der Waals surface area (Å²) in [6.07, 6.45) is 0.731. The van der Waals surface area contributed by atoms with Gasteiger partial charge in [0.25, 0.3) is 0 Å². The highest BCUT2D eigenvalue weighted by atomic mass is 32.1. The quantitative estimate of drug-likeness (QED) is 0.434. The smallest absolute Gasteiger partial charge is 0.133 e. The van der Waals surface area contributed by atoms with Gasteiger partial charge in [-0.25, -0.2) is 0 Å². The molecule has 0 rings (SSSR count). The molecule has 0 aliphatic heterocycles. The van der Waals surface area contributed by atoms with Gasteiger partial charge in [-0.2, -0.15) is 0 Å². The Hall–Kier alpha value is 0.0200. The molecule has 2 heteroatoms. The predicted octanol–water partition coefficient (Wildman–Crippen LogP) is 0.771. The highest BCUT2D eigenvalue weighted by molar-refractivity contribution is 7.81. The SMILES string of the molecule is CC([S])C=O. The third-order valence-corrected chi connectivity index (χ3v) is 0.303. The van der Waals surface area contributed by atoms with Crippen LogP contribution in [0.25, 0.3) is 0 Å². The van der Waals surface area contributed by atoms with E-state index >= 15 is 0 Å². The molecule has 0 N–H and O–H groups in total. The highest BCUT2D eigenvalue weighted by Crippen LogP contribution is 1.81. The molecule has 0 aliphatic carbocycles. The van der Waals surface area contributed by atoms with Crippen LogP contribution >= 0.6 is 12.6 Å². The van der Waals surface area contributed by atoms with Crippen LogP contribution in [0.4, 0.5) is 0 Å². The van der Waals surface area contributed by atoms with Gasteiger partial charge in [0.1, 0.15) is 6.29 Å². The van der Waals surface area contributed by atoms with Crippen molar-refractivity contribution in [2.75, 3.05) is 0 Å². The summed E-state index contributed by atoms with van der Waals surface area (Å²) in [6, 6.07) is 0. The summed E-state index contributed by atoms with van der Waals surface area (Å²) >= 11 is 4.41. The summed E-state index contributed by atoms with van der Waals surface area (Å²) in [6.45, 7) is 1.67. The first-order chi connectivity index (χ1) is 2.27. The zero-order valence-corrected chi connectivity index (χ0v) is 3.79. The third-order valence-electron chi connectivity index (χ3n) is 0.192. The first-order valence-corrected chi connectivity index (χ1v) is 1.85. The number of carbonyl (C=O) groups is 1. The molecule has 1 atom stereocenters. The van der Waals surface area contributed by atoms with Gasteiger partial charge in [-0.05, 0) is 6.92 Å². The maximum Gasteiger partial charge on any atom is 0.133 e. The second-order valence-corrected chi connectivity index (χ2v) is 1.58. The Morgan fingerprint density at radius 1 is 2.00 bits per heavy atom. The van der Waals surface area contributed by atoms with Crippen molar-refractivity contribution < 1.29 is 4.79 Å². The summed E-state index contributed by atoms with van der Waals surface area (Å²) in [5.41, 5.74) is 0. The summed E-state index contributed by atoms with van der Waals surface area (Å²) in [5.74, 6) is 0. The highest BCUT2D eigenvalue weighted by Gasteiger charge is 1.82. The molecule has 5 heavy (non-hydrogen) atoms. The van der Waals surface area contributed by atoms with Gasteiger partial charge in [0.2, 0.25) is 0 Å². The standard InChI is InChI=1S/C3H5OS/c1-3(5)2-4/h2-3H,1H3. The van der Waals surface area contributed by atoms with Crippen molar-refractivity contribution in [2.24, 2.45) is 0 Å². The monoisotopic (exact) mass is 89.0 g/mol. The lowest BCUT2D eigenvalue weighted by Crippen LogP contribution is -1.87. The predicted molar refractivity (Wildman–Crippen MR) is 23.1 cm³/mol. The molecule has 0 heterocycles. The molecule has 0 saturated heterocycles. The van der Waals surface area contributed by atoms with Crippen molar-refractivity contribution >= 4 is 18.9 Å². The molecule has 29 valence electrons. The van der Waals surface area contributed by atoms with E-state index in [9.17, 15) is 4.79 Å². The number of rotatable bonds is 1. The first-order valence-electron chi connectivity index (χ1n) is 1.38. The van der Waals surface area contributed by atoms with Crippen LogP contribution in [0.1, 0.15) is 6.92 Å². The molecule has 1 unspecified atom stereocenters. The summed E-state index contributed by atoms with van der Waals surface area (Å²) in [4.78, 5) is 9.40. The average molecular weight is 89.1 g/mol. The van der Waals surface area contributed by atoms with Crippen molar-refractivity contribution in [1.82, 2.24) is 0 Å². The van der Waals surface area contributed by atoms with Gasteiger partial charge < -0.3 is 4.79 Å². The zero-order chi connectivity index (χ0) is 4.28. The molecule has 0 bridgehead atoms. The van der Waals surface area contributed by atoms with E-state index in [0.29, 0.717) is 0 Å². The van der Waals surface area contributed by atoms with Crippen molar-refractivity contribution in [3.05, 3.63) is 0 Å². The van der Waals surface area contributed by atoms with Crippen LogP contribution < -0.4 is 0 Å². The van der Waals surface area contributed by atoms with Crippen LogP contribution in [-0.4, -0.2) is 11.5 Å². The average Bonchev–Trinajstić information content (AvgIpc) is 1.38. The van der Waals surface area contributed by atoms with Crippen molar-refractivity contribution in [2.45, 2.75) is 12.2 Å². The molecule has 0 saturated carbocycles. The minimum absolute atomic E-state index is 0.213. The molecule has 0 spiro atoms. The van der Waals surface area contributed by atoms with Gasteiger partial charge in [-0.1, -0.05) is 12.6 Å². The van der Waals surface area contributed by atoms with E-state index < -0.39 is 0 Å². The van der Waals surface area contributed by atoms with Crippen molar-refractivity contribution in [1.29, 1.82) is 0 Å². The molecule has 0 aliphatic rings. The van der Waals surface area contributed by atoms with Crippen LogP contribution in [0.2, 0.25) is 0 Å². The third kappa shape index (κ3) is 4.02. The normalized spacial score (nSPS) is 14.0. The van der Waals surface area contributed by atoms with Crippen LogP contribution in [0.15, 0.2) is 0 Å². The fourth-order valence-corrected chi connectivity index (χ4v) is 0. The zero-order valence-electron chi connectivity index (χ0n) is 2.97. The largest absolute Gasteiger partial charge is 0.302 e. The van der Waals surface area contributed by atoms with Gasteiger partial charge in [0.05, 0.1) is 5.25 Å². The van der Waals surface area contributed by atoms with Crippen LogP contribution in [0.3, 0.4) is 0 Å². The minimum atomic E-state index is -0.213. The van der Waals surface area contributed by atoms with Crippen LogP contribution in [0, 0.1) is 0 Å². The summed E-state index contributed by atoms with van der Waals surface area (Å²) in [5, 5.41) is -0.213. The Labute approximate surface area is 36.8 Å². The van der Waals surface area contributed by atoms with Gasteiger partial charge >= 0.3 is 0 Å². The molecular weight excluding hydrogens is 84.1 g/mol. The first kappa shape index (κ1) is 5.02. The van der Waals surface area contributed by atoms with Gasteiger partial charge in [-0.15, -0.1) is 0 Å². The van der Waals surface area contributed by atoms with E-state index in [2.05, 4.69) is 12.6 Å². The van der Waals surface area contributed by atoms with Crippen molar-refractivity contribution in [3.63, 3.8) is 0 Å². The molecule has 0 fully saturated rings. The number of carbonyl (C=O) groups excluding carboxylic acids is 1. The second kappa shape index (κ2) is 2.27. The number of hydrogen-bond acceptors (Lipinski definition) is 1. The lowest BCUT2D eigenvalue weighted by molar-refractivity contribution is -0.107. The molecule has 0 aromatic heterocycles. The lowest BCUT2D eigenvalue weighted by Gasteiger charge is -1.76. The van der Waals surface area contributed by atoms with Gasteiger partial charge in [0.15, 0.2) is 0 Å². The van der Waals surface area contributed by atoms with Crippen LogP contribution in [0.5, 0.6) is 0 Å². The molecular formula is C3H5OS. The molecule has 0 amide bonds. The topological polar surface area (TPSA) is 17.1 Å². The Morgan fingerprint density at radius 2 is 2.20 bits per heavy atom. The summed E-state index contributed by atoms with van der Waals surface area (Å²) < 4.78 is 0.